The maximum Gasteiger partial charge on any atom is 0.409 e. The van der Waals surface area contributed by atoms with Gasteiger partial charge in [0.2, 0.25) is 11.8 Å². The van der Waals surface area contributed by atoms with Gasteiger partial charge in [0.05, 0.1) is 22.3 Å². The number of rotatable bonds is 9. The van der Waals surface area contributed by atoms with Crippen molar-refractivity contribution in [2.75, 3.05) is 19.7 Å². The second-order valence-corrected chi connectivity index (χ2v) is 11.0. The lowest BCUT2D eigenvalue weighted by Crippen LogP contribution is -2.42. The van der Waals surface area contributed by atoms with E-state index >= 15 is 0 Å². The van der Waals surface area contributed by atoms with Gasteiger partial charge in [0.25, 0.3) is 0 Å². The number of nitrogens with zero attached hydrogens (tertiary/aromatic N) is 3. The predicted octanol–water partition coefficient (Wildman–Crippen LogP) is 4.43. The molecule has 2 heterocycles. The van der Waals surface area contributed by atoms with Gasteiger partial charge in [-0.25, -0.2) is 27.6 Å². The van der Waals surface area contributed by atoms with Crippen LogP contribution in [0.15, 0.2) is 29.4 Å². The number of unbranched alkanes of at least 4 members (excludes halogenated alkanes) is 1. The Morgan fingerprint density at radius 1 is 1.14 bits per heavy atom. The summed E-state index contributed by atoms with van der Waals surface area (Å²) in [5.74, 6) is -0.497. The van der Waals surface area contributed by atoms with Crippen molar-refractivity contribution < 1.29 is 31.8 Å². The molecule has 35 heavy (non-hydrogen) atoms. The van der Waals surface area contributed by atoms with Crippen LogP contribution in [0, 0.1) is 12.7 Å². The third-order valence-electron chi connectivity index (χ3n) is 6.10. The maximum absolute atomic E-state index is 14.6. The molecule has 1 amide bonds. The van der Waals surface area contributed by atoms with E-state index in [1.54, 1.807) is 11.8 Å². The standard InChI is InChI=1S/C24H30FN3O6S/c1-3-4-13-32-24(29)28-11-9-17(10-12-28)33-22-16(2)23(27-15-26-22)34-21-8-7-19(14-20(21)25)35(30,31)18-5-6-18/h7-8,14-15,17-18H,3-6,9-13H2,1-2H3. The number of hydrogen-bond donors (Lipinski definition) is 0. The first-order chi connectivity index (χ1) is 16.8. The number of ether oxygens (including phenoxy) is 3. The normalized spacial score (nSPS) is 16.7. The molecule has 0 bridgehead atoms. The zero-order valence-electron chi connectivity index (χ0n) is 19.9. The molecular weight excluding hydrogens is 477 g/mol. The van der Waals surface area contributed by atoms with Crippen molar-refractivity contribution in [2.45, 2.75) is 68.6 Å². The molecule has 2 aliphatic rings. The van der Waals surface area contributed by atoms with Crippen LogP contribution in [-0.2, 0) is 14.6 Å². The van der Waals surface area contributed by atoms with Crippen molar-refractivity contribution in [3.05, 3.63) is 35.9 Å². The Hall–Kier alpha value is -2.95. The summed E-state index contributed by atoms with van der Waals surface area (Å²) < 4.78 is 56.3. The smallest absolute Gasteiger partial charge is 0.409 e. The lowest BCUT2D eigenvalue weighted by Gasteiger charge is -2.31. The van der Waals surface area contributed by atoms with Gasteiger partial charge < -0.3 is 19.1 Å². The third kappa shape index (κ3) is 6.01. The van der Waals surface area contributed by atoms with Gasteiger partial charge in [-0.05, 0) is 44.4 Å². The molecule has 2 aromatic rings. The van der Waals surface area contributed by atoms with E-state index in [1.165, 1.54) is 18.5 Å². The molecule has 4 rings (SSSR count). The van der Waals surface area contributed by atoms with Crippen molar-refractivity contribution in [1.82, 2.24) is 14.9 Å². The summed E-state index contributed by atoms with van der Waals surface area (Å²) in [4.78, 5) is 22.0. The van der Waals surface area contributed by atoms with Crippen LogP contribution >= 0.6 is 0 Å². The highest BCUT2D eigenvalue weighted by Crippen LogP contribution is 2.36. The van der Waals surface area contributed by atoms with E-state index in [4.69, 9.17) is 14.2 Å². The van der Waals surface area contributed by atoms with Crippen LogP contribution in [0.2, 0.25) is 0 Å². The van der Waals surface area contributed by atoms with Gasteiger partial charge in [0.1, 0.15) is 12.4 Å². The number of carbonyl (C=O) groups is 1. The van der Waals surface area contributed by atoms with Gasteiger partial charge >= 0.3 is 6.09 Å². The number of amides is 1. The van der Waals surface area contributed by atoms with Gasteiger partial charge in [-0.2, -0.15) is 0 Å². The molecule has 0 atom stereocenters. The lowest BCUT2D eigenvalue weighted by atomic mass is 10.1. The number of benzene rings is 1. The molecule has 2 fully saturated rings. The van der Waals surface area contributed by atoms with Gasteiger partial charge in [-0.1, -0.05) is 13.3 Å². The Labute approximate surface area is 204 Å². The molecule has 9 nitrogen and oxygen atoms in total. The van der Waals surface area contributed by atoms with Crippen LogP contribution in [0.3, 0.4) is 0 Å². The Morgan fingerprint density at radius 3 is 2.51 bits per heavy atom. The van der Waals surface area contributed by atoms with Crippen molar-refractivity contribution in [1.29, 1.82) is 0 Å². The van der Waals surface area contributed by atoms with Crippen molar-refractivity contribution >= 4 is 15.9 Å². The van der Waals surface area contributed by atoms with E-state index in [2.05, 4.69) is 9.97 Å². The molecule has 1 saturated carbocycles. The fourth-order valence-electron chi connectivity index (χ4n) is 3.77. The maximum atomic E-state index is 14.6. The first-order valence-electron chi connectivity index (χ1n) is 11.9. The number of piperidine rings is 1. The molecular formula is C24H30FN3O6S. The van der Waals surface area contributed by atoms with Gasteiger partial charge in [0, 0.05) is 25.9 Å². The summed E-state index contributed by atoms with van der Waals surface area (Å²) in [7, 11) is -3.50. The number of aromatic nitrogens is 2. The summed E-state index contributed by atoms with van der Waals surface area (Å²) in [6, 6.07) is 3.63. The largest absolute Gasteiger partial charge is 0.474 e. The molecule has 1 aromatic heterocycles. The predicted molar refractivity (Wildman–Crippen MR) is 125 cm³/mol. The molecule has 1 aromatic carbocycles. The highest BCUT2D eigenvalue weighted by molar-refractivity contribution is 7.92. The number of halogens is 1. The summed E-state index contributed by atoms with van der Waals surface area (Å²) in [6.45, 7) is 5.20. The van der Waals surface area contributed by atoms with Crippen molar-refractivity contribution in [3.8, 4) is 17.5 Å². The molecule has 0 radical (unpaired) electrons. The number of likely N-dealkylation sites (tertiary alicyclic amines) is 1. The molecule has 0 N–H and O–H groups in total. The highest BCUT2D eigenvalue weighted by atomic mass is 32.2. The monoisotopic (exact) mass is 507 g/mol. The summed E-state index contributed by atoms with van der Waals surface area (Å²) in [5, 5.41) is -0.420. The van der Waals surface area contributed by atoms with Crippen LogP contribution in [0.1, 0.15) is 51.0 Å². The Bertz CT molecular complexity index is 1160. The average Bonchev–Trinajstić information content (AvgIpc) is 3.69. The minimum atomic E-state index is -3.50. The van der Waals surface area contributed by atoms with E-state index in [0.29, 0.717) is 56.8 Å². The van der Waals surface area contributed by atoms with Gasteiger partial charge in [0.15, 0.2) is 21.4 Å². The minimum Gasteiger partial charge on any atom is -0.474 e. The van der Waals surface area contributed by atoms with E-state index in [9.17, 15) is 17.6 Å². The molecule has 1 aliphatic heterocycles. The van der Waals surface area contributed by atoms with Crippen LogP contribution in [-0.4, -0.2) is 60.4 Å². The second kappa shape index (κ2) is 10.8. The molecule has 190 valence electrons. The Balaban J connectivity index is 1.37. The van der Waals surface area contributed by atoms with Crippen molar-refractivity contribution in [3.63, 3.8) is 0 Å². The lowest BCUT2D eigenvalue weighted by molar-refractivity contribution is 0.0652. The fourth-order valence-corrected chi connectivity index (χ4v) is 5.43. The zero-order chi connectivity index (χ0) is 25.0. The molecule has 1 aliphatic carbocycles. The number of hydrogen-bond acceptors (Lipinski definition) is 8. The van der Waals surface area contributed by atoms with Crippen LogP contribution in [0.25, 0.3) is 0 Å². The van der Waals surface area contributed by atoms with Crippen LogP contribution in [0.4, 0.5) is 9.18 Å². The van der Waals surface area contributed by atoms with Gasteiger partial charge in [-0.15, -0.1) is 0 Å². The number of carbonyl (C=O) groups excluding carboxylic acids is 1. The fraction of sp³-hybridized carbons (Fsp3) is 0.542. The number of sulfone groups is 1. The summed E-state index contributed by atoms with van der Waals surface area (Å²) >= 11 is 0. The quantitative estimate of drug-likeness (QED) is 0.459. The van der Waals surface area contributed by atoms with Crippen LogP contribution in [0.5, 0.6) is 17.5 Å². The molecule has 0 spiro atoms. The average molecular weight is 508 g/mol. The zero-order valence-corrected chi connectivity index (χ0v) is 20.7. The first-order valence-corrected chi connectivity index (χ1v) is 13.5. The van der Waals surface area contributed by atoms with Crippen molar-refractivity contribution in [2.24, 2.45) is 0 Å². The molecule has 1 saturated heterocycles. The summed E-state index contributed by atoms with van der Waals surface area (Å²) in [6.07, 6.45) is 5.07. The van der Waals surface area contributed by atoms with E-state index in [-0.39, 0.29) is 28.7 Å². The highest BCUT2D eigenvalue weighted by Gasteiger charge is 2.37. The van der Waals surface area contributed by atoms with E-state index in [1.807, 2.05) is 6.92 Å². The Morgan fingerprint density at radius 2 is 1.86 bits per heavy atom. The molecule has 0 unspecified atom stereocenters. The topological polar surface area (TPSA) is 108 Å². The van der Waals surface area contributed by atoms with Crippen LogP contribution < -0.4 is 9.47 Å². The first kappa shape index (κ1) is 25.2. The third-order valence-corrected chi connectivity index (χ3v) is 8.36. The van der Waals surface area contributed by atoms with E-state index in [0.717, 1.165) is 18.9 Å². The minimum absolute atomic E-state index is 0.0473. The van der Waals surface area contributed by atoms with E-state index < -0.39 is 20.9 Å². The second-order valence-electron chi connectivity index (χ2n) is 8.82. The van der Waals surface area contributed by atoms with Gasteiger partial charge in [-0.3, -0.25) is 0 Å². The summed E-state index contributed by atoms with van der Waals surface area (Å²) in [5.41, 5.74) is 0.489. The SMILES string of the molecule is CCCCOC(=O)N1CCC(Oc2ncnc(Oc3ccc(S(=O)(=O)C4CC4)cc3F)c2C)CC1. The molecule has 11 heteroatoms. The Kier molecular flexibility index (Phi) is 7.73.